The molecule has 1 amide bonds. The van der Waals surface area contributed by atoms with Crippen molar-refractivity contribution in [2.45, 2.75) is 6.42 Å². The van der Waals surface area contributed by atoms with Gasteiger partial charge in [-0.3, -0.25) is 4.79 Å². The fraction of sp³-hybridized carbons (Fsp3) is 0.500. The molecule has 1 aromatic rings. The Bertz CT molecular complexity index is 452. The Labute approximate surface area is 111 Å². The second-order valence-corrected chi connectivity index (χ2v) is 5.09. The average molecular weight is 269 g/mol. The van der Waals surface area contributed by atoms with Crippen molar-refractivity contribution in [3.05, 3.63) is 23.0 Å². The van der Waals surface area contributed by atoms with E-state index in [9.17, 15) is 4.79 Å². The van der Waals surface area contributed by atoms with Crippen molar-refractivity contribution in [3.63, 3.8) is 0 Å². The Hall–Kier alpha value is -1.33. The number of halogens is 1. The molecule has 3 N–H and O–H groups in total. The molecule has 1 unspecified atom stereocenters. The first-order valence-corrected chi connectivity index (χ1v) is 6.32. The van der Waals surface area contributed by atoms with Crippen LogP contribution >= 0.6 is 11.6 Å². The van der Waals surface area contributed by atoms with Crippen LogP contribution in [0.25, 0.3) is 0 Å². The molecule has 1 aromatic heterocycles. The molecule has 2 heterocycles. The number of carbonyl (C=O) groups excluding carboxylic acids is 1. The summed E-state index contributed by atoms with van der Waals surface area (Å²) in [6.45, 7) is 2.76. The van der Waals surface area contributed by atoms with Gasteiger partial charge in [0.05, 0.1) is 17.4 Å². The molecule has 98 valence electrons. The van der Waals surface area contributed by atoms with Gasteiger partial charge in [0.25, 0.3) is 5.91 Å². The molecule has 2 rings (SSSR count). The van der Waals surface area contributed by atoms with Gasteiger partial charge in [-0.2, -0.15) is 0 Å². The summed E-state index contributed by atoms with van der Waals surface area (Å²) in [6, 6.07) is 1.55. The van der Waals surface area contributed by atoms with E-state index in [1.54, 1.807) is 6.07 Å². The van der Waals surface area contributed by atoms with Crippen LogP contribution in [0.4, 0.5) is 5.69 Å². The lowest BCUT2D eigenvalue weighted by Crippen LogP contribution is -2.30. The van der Waals surface area contributed by atoms with Gasteiger partial charge < -0.3 is 16.0 Å². The summed E-state index contributed by atoms with van der Waals surface area (Å²) in [5.74, 6) is 0.293. The lowest BCUT2D eigenvalue weighted by Gasteiger charge is -2.12. The van der Waals surface area contributed by atoms with Crippen molar-refractivity contribution in [2.75, 3.05) is 32.4 Å². The van der Waals surface area contributed by atoms with E-state index in [-0.39, 0.29) is 11.1 Å². The second-order valence-electron chi connectivity index (χ2n) is 4.73. The van der Waals surface area contributed by atoms with Gasteiger partial charge in [0.2, 0.25) is 0 Å². The number of pyridine rings is 1. The van der Waals surface area contributed by atoms with Crippen molar-refractivity contribution < 1.29 is 4.79 Å². The van der Waals surface area contributed by atoms with E-state index >= 15 is 0 Å². The number of aromatic nitrogens is 1. The molecule has 1 saturated heterocycles. The van der Waals surface area contributed by atoms with E-state index in [1.807, 2.05) is 0 Å². The number of nitrogen functional groups attached to an aromatic ring is 1. The normalized spacial score (nSPS) is 20.0. The molecule has 18 heavy (non-hydrogen) atoms. The standard InChI is InChI=1S/C12H17ClN4O/c1-17-3-2-8(7-17)5-16-12(18)10-4-9(14)6-15-11(10)13/h4,6,8H,2-3,5,7,14H2,1H3,(H,16,18). The van der Waals surface area contributed by atoms with Crippen molar-refractivity contribution >= 4 is 23.2 Å². The zero-order valence-electron chi connectivity index (χ0n) is 10.3. The van der Waals surface area contributed by atoms with Crippen molar-refractivity contribution in [1.82, 2.24) is 15.2 Å². The molecule has 1 fully saturated rings. The van der Waals surface area contributed by atoms with Crippen molar-refractivity contribution in [3.8, 4) is 0 Å². The average Bonchev–Trinajstić information content (AvgIpc) is 2.75. The lowest BCUT2D eigenvalue weighted by atomic mass is 10.1. The van der Waals surface area contributed by atoms with Gasteiger partial charge in [0, 0.05) is 13.1 Å². The molecule has 1 aliphatic rings. The summed E-state index contributed by atoms with van der Waals surface area (Å²) in [6.07, 6.45) is 2.55. The third-order valence-electron chi connectivity index (χ3n) is 3.15. The summed E-state index contributed by atoms with van der Waals surface area (Å²) in [5.41, 5.74) is 6.37. The van der Waals surface area contributed by atoms with Crippen LogP contribution in [0.1, 0.15) is 16.8 Å². The molecule has 0 bridgehead atoms. The molecule has 0 saturated carbocycles. The van der Waals surface area contributed by atoms with Crippen LogP contribution in [-0.4, -0.2) is 42.5 Å². The maximum absolute atomic E-state index is 12.0. The Morgan fingerprint density at radius 3 is 3.17 bits per heavy atom. The summed E-state index contributed by atoms with van der Waals surface area (Å²) >= 11 is 5.87. The molecular weight excluding hydrogens is 252 g/mol. The topological polar surface area (TPSA) is 71.2 Å². The highest BCUT2D eigenvalue weighted by molar-refractivity contribution is 6.32. The smallest absolute Gasteiger partial charge is 0.254 e. The molecule has 0 spiro atoms. The quantitative estimate of drug-likeness (QED) is 0.803. The minimum atomic E-state index is -0.214. The fourth-order valence-corrected chi connectivity index (χ4v) is 2.34. The zero-order valence-corrected chi connectivity index (χ0v) is 11.1. The van der Waals surface area contributed by atoms with Crippen LogP contribution in [0.5, 0.6) is 0 Å². The van der Waals surface area contributed by atoms with Crippen molar-refractivity contribution in [1.29, 1.82) is 0 Å². The zero-order chi connectivity index (χ0) is 13.1. The van der Waals surface area contributed by atoms with Crippen LogP contribution in [0.3, 0.4) is 0 Å². The van der Waals surface area contributed by atoms with Crippen LogP contribution in [0.2, 0.25) is 5.15 Å². The number of carbonyl (C=O) groups is 1. The van der Waals surface area contributed by atoms with Gasteiger partial charge >= 0.3 is 0 Å². The number of amides is 1. The second kappa shape index (κ2) is 5.54. The first-order chi connectivity index (χ1) is 8.56. The first kappa shape index (κ1) is 13.1. The van der Waals surface area contributed by atoms with Crippen LogP contribution in [0, 0.1) is 5.92 Å². The van der Waals surface area contributed by atoms with E-state index < -0.39 is 0 Å². The number of nitrogens with two attached hydrogens (primary N) is 1. The van der Waals surface area contributed by atoms with E-state index in [0.29, 0.717) is 23.7 Å². The molecule has 0 aromatic carbocycles. The summed E-state index contributed by atoms with van der Waals surface area (Å²) in [7, 11) is 2.08. The molecule has 1 atom stereocenters. The monoisotopic (exact) mass is 268 g/mol. The summed E-state index contributed by atoms with van der Waals surface area (Å²) < 4.78 is 0. The maximum atomic E-state index is 12.0. The molecule has 6 heteroatoms. The Morgan fingerprint density at radius 2 is 2.50 bits per heavy atom. The minimum Gasteiger partial charge on any atom is -0.397 e. The molecule has 5 nitrogen and oxygen atoms in total. The summed E-state index contributed by atoms with van der Waals surface area (Å²) in [5, 5.41) is 3.07. The SMILES string of the molecule is CN1CCC(CNC(=O)c2cc(N)cnc2Cl)C1. The fourth-order valence-electron chi connectivity index (χ4n) is 2.15. The third kappa shape index (κ3) is 3.11. The lowest BCUT2D eigenvalue weighted by molar-refractivity contribution is 0.0947. The summed E-state index contributed by atoms with van der Waals surface area (Å²) in [4.78, 5) is 18.1. The van der Waals surface area contributed by atoms with E-state index in [0.717, 1.165) is 19.5 Å². The molecule has 0 radical (unpaired) electrons. The Balaban J connectivity index is 1.93. The highest BCUT2D eigenvalue weighted by Gasteiger charge is 2.20. The number of likely N-dealkylation sites (tertiary alicyclic amines) is 1. The number of hydrogen-bond donors (Lipinski definition) is 2. The van der Waals surface area contributed by atoms with Gasteiger partial charge in [-0.25, -0.2) is 4.98 Å². The third-order valence-corrected chi connectivity index (χ3v) is 3.45. The Morgan fingerprint density at radius 1 is 1.72 bits per heavy atom. The van der Waals surface area contributed by atoms with Gasteiger partial charge in [-0.1, -0.05) is 11.6 Å². The maximum Gasteiger partial charge on any atom is 0.254 e. The highest BCUT2D eigenvalue weighted by atomic mass is 35.5. The molecule has 0 aliphatic carbocycles. The number of rotatable bonds is 3. The van der Waals surface area contributed by atoms with E-state index in [1.165, 1.54) is 6.20 Å². The molecule has 1 aliphatic heterocycles. The van der Waals surface area contributed by atoms with Gasteiger partial charge in [0.15, 0.2) is 0 Å². The van der Waals surface area contributed by atoms with Crippen molar-refractivity contribution in [2.24, 2.45) is 5.92 Å². The van der Waals surface area contributed by atoms with E-state index in [4.69, 9.17) is 17.3 Å². The van der Waals surface area contributed by atoms with Crippen LogP contribution in [-0.2, 0) is 0 Å². The number of hydrogen-bond acceptors (Lipinski definition) is 4. The van der Waals surface area contributed by atoms with Gasteiger partial charge in [-0.05, 0) is 32.0 Å². The number of nitrogens with zero attached hydrogens (tertiary/aromatic N) is 2. The Kier molecular flexibility index (Phi) is 4.04. The number of anilines is 1. The van der Waals surface area contributed by atoms with E-state index in [2.05, 4.69) is 22.2 Å². The van der Waals surface area contributed by atoms with Crippen LogP contribution < -0.4 is 11.1 Å². The van der Waals surface area contributed by atoms with Crippen LogP contribution in [0.15, 0.2) is 12.3 Å². The predicted molar refractivity (Wildman–Crippen MR) is 71.6 cm³/mol. The highest BCUT2D eigenvalue weighted by Crippen LogP contribution is 2.16. The number of nitrogens with one attached hydrogen (secondary N) is 1. The molecular formula is C12H17ClN4O. The van der Waals surface area contributed by atoms with Gasteiger partial charge in [-0.15, -0.1) is 0 Å². The largest absolute Gasteiger partial charge is 0.397 e. The van der Waals surface area contributed by atoms with Gasteiger partial charge in [0.1, 0.15) is 5.15 Å². The first-order valence-electron chi connectivity index (χ1n) is 5.94. The predicted octanol–water partition coefficient (Wildman–Crippen LogP) is 0.999. The minimum absolute atomic E-state index is 0.185.